The lowest BCUT2D eigenvalue weighted by molar-refractivity contribution is 0.0936. The molecule has 1 aromatic rings. The quantitative estimate of drug-likeness (QED) is 0.328. The number of amides is 1. The number of hydrogen-bond donors (Lipinski definition) is 3. The molecule has 0 heterocycles. The zero-order valence-electron chi connectivity index (χ0n) is 11.6. The number of carbonyl (C=O) groups is 1. The molecule has 4 N–H and O–H groups in total. The van der Waals surface area contributed by atoms with E-state index in [4.69, 9.17) is 10.9 Å². The van der Waals surface area contributed by atoms with Gasteiger partial charge in [-0.15, -0.1) is 0 Å². The minimum Gasteiger partial charge on any atom is -0.409 e. The van der Waals surface area contributed by atoms with Gasteiger partial charge in [-0.2, -0.15) is 0 Å². The van der Waals surface area contributed by atoms with Crippen molar-refractivity contribution < 1.29 is 10.0 Å². The predicted octanol–water partition coefficient (Wildman–Crippen LogP) is 1.95. The highest BCUT2D eigenvalue weighted by atomic mass is 16.4. The Kier molecular flexibility index (Phi) is 5.36. The van der Waals surface area contributed by atoms with Gasteiger partial charge in [-0.25, -0.2) is 0 Å². The molecule has 0 fully saturated rings. The first kappa shape index (κ1) is 15.0. The number of rotatable bonds is 5. The van der Waals surface area contributed by atoms with Crippen molar-refractivity contribution in [3.8, 4) is 0 Å². The van der Waals surface area contributed by atoms with Gasteiger partial charge in [0.25, 0.3) is 5.91 Å². The molecular weight excluding hydrogens is 242 g/mol. The summed E-state index contributed by atoms with van der Waals surface area (Å²) < 4.78 is 0. The van der Waals surface area contributed by atoms with Crippen LogP contribution in [0.5, 0.6) is 0 Å². The number of nitrogens with two attached hydrogens (primary N) is 1. The summed E-state index contributed by atoms with van der Waals surface area (Å²) in [6.07, 6.45) is 1.05. The van der Waals surface area contributed by atoms with Gasteiger partial charge in [-0.1, -0.05) is 29.3 Å². The molecule has 0 aliphatic carbocycles. The third-order valence-electron chi connectivity index (χ3n) is 2.90. The molecule has 19 heavy (non-hydrogen) atoms. The van der Waals surface area contributed by atoms with Crippen LogP contribution in [0.1, 0.15) is 41.3 Å². The van der Waals surface area contributed by atoms with Crippen LogP contribution in [-0.4, -0.2) is 23.0 Å². The molecule has 0 aromatic heterocycles. The normalized spacial score (nSPS) is 13.1. The van der Waals surface area contributed by atoms with Crippen LogP contribution < -0.4 is 11.1 Å². The first-order valence-electron chi connectivity index (χ1n) is 6.31. The average molecular weight is 263 g/mol. The van der Waals surface area contributed by atoms with Crippen LogP contribution in [0.15, 0.2) is 23.4 Å². The van der Waals surface area contributed by atoms with Crippen LogP contribution >= 0.6 is 0 Å². The maximum Gasteiger partial charge on any atom is 0.251 e. The zero-order valence-corrected chi connectivity index (χ0v) is 11.6. The smallest absolute Gasteiger partial charge is 0.251 e. The van der Waals surface area contributed by atoms with Crippen molar-refractivity contribution in [1.29, 1.82) is 0 Å². The maximum absolute atomic E-state index is 12.1. The Morgan fingerprint density at radius 1 is 1.37 bits per heavy atom. The van der Waals surface area contributed by atoms with E-state index < -0.39 is 0 Å². The highest BCUT2D eigenvalue weighted by Crippen LogP contribution is 2.09. The zero-order chi connectivity index (χ0) is 14.4. The van der Waals surface area contributed by atoms with Crippen molar-refractivity contribution in [2.24, 2.45) is 10.9 Å². The molecule has 0 spiro atoms. The fourth-order valence-corrected chi connectivity index (χ4v) is 1.97. The van der Waals surface area contributed by atoms with Gasteiger partial charge in [-0.05, 0) is 32.4 Å². The van der Waals surface area contributed by atoms with Crippen molar-refractivity contribution >= 4 is 11.7 Å². The summed E-state index contributed by atoms with van der Waals surface area (Å²) in [5, 5.41) is 14.4. The monoisotopic (exact) mass is 263 g/mol. The van der Waals surface area contributed by atoms with Gasteiger partial charge >= 0.3 is 0 Å². The molecule has 0 aliphatic rings. The minimum absolute atomic E-state index is 0.118. The lowest BCUT2D eigenvalue weighted by Crippen LogP contribution is -2.37. The van der Waals surface area contributed by atoms with Crippen molar-refractivity contribution in [2.75, 3.05) is 0 Å². The Morgan fingerprint density at radius 2 is 1.95 bits per heavy atom. The highest BCUT2D eigenvalue weighted by molar-refractivity contribution is 5.95. The molecule has 5 heteroatoms. The van der Waals surface area contributed by atoms with Crippen molar-refractivity contribution in [1.82, 2.24) is 5.32 Å². The van der Waals surface area contributed by atoms with Gasteiger partial charge in [0.15, 0.2) is 0 Å². The van der Waals surface area contributed by atoms with Crippen molar-refractivity contribution in [3.63, 3.8) is 0 Å². The Bertz CT molecular complexity index is 463. The molecule has 0 saturated heterocycles. The van der Waals surface area contributed by atoms with Crippen LogP contribution in [0.4, 0.5) is 0 Å². The van der Waals surface area contributed by atoms with E-state index in [-0.39, 0.29) is 17.8 Å². The van der Waals surface area contributed by atoms with Gasteiger partial charge in [0.2, 0.25) is 0 Å². The average Bonchev–Trinajstić information content (AvgIpc) is 2.36. The molecule has 0 aliphatic heterocycles. The molecular formula is C14H21N3O2. The summed E-state index contributed by atoms with van der Waals surface area (Å²) in [5.74, 6) is -0.0167. The van der Waals surface area contributed by atoms with Crippen LogP contribution in [0.2, 0.25) is 0 Å². The number of aryl methyl sites for hydroxylation is 2. The van der Waals surface area contributed by atoms with E-state index in [1.165, 1.54) is 0 Å². The Morgan fingerprint density at radius 3 is 2.42 bits per heavy atom. The van der Waals surface area contributed by atoms with Crippen molar-refractivity contribution in [3.05, 3.63) is 34.9 Å². The number of nitrogens with one attached hydrogen (secondary N) is 1. The van der Waals surface area contributed by atoms with E-state index >= 15 is 0 Å². The lowest BCUT2D eigenvalue weighted by atomic mass is 10.1. The van der Waals surface area contributed by atoms with E-state index in [1.807, 2.05) is 39.0 Å². The fraction of sp³-hybridized carbons (Fsp3) is 0.429. The molecule has 1 unspecified atom stereocenters. The van der Waals surface area contributed by atoms with E-state index in [9.17, 15) is 4.79 Å². The van der Waals surface area contributed by atoms with E-state index in [0.29, 0.717) is 18.4 Å². The van der Waals surface area contributed by atoms with Gasteiger partial charge in [-0.3, -0.25) is 4.79 Å². The number of carbonyl (C=O) groups excluding carboxylic acids is 1. The van der Waals surface area contributed by atoms with Gasteiger partial charge in [0.05, 0.1) is 0 Å². The molecule has 1 rings (SSSR count). The maximum atomic E-state index is 12.1. The highest BCUT2D eigenvalue weighted by Gasteiger charge is 2.14. The lowest BCUT2D eigenvalue weighted by Gasteiger charge is -2.16. The summed E-state index contributed by atoms with van der Waals surface area (Å²) in [7, 11) is 0. The number of hydrogen-bond acceptors (Lipinski definition) is 3. The third kappa shape index (κ3) is 4.62. The van der Waals surface area contributed by atoms with E-state index in [1.54, 1.807) is 0 Å². The summed E-state index contributed by atoms with van der Waals surface area (Å²) >= 11 is 0. The Labute approximate surface area is 113 Å². The molecule has 1 amide bonds. The molecule has 1 atom stereocenters. The molecule has 0 radical (unpaired) electrons. The first-order valence-corrected chi connectivity index (χ1v) is 6.31. The summed E-state index contributed by atoms with van der Waals surface area (Å²) in [6.45, 7) is 5.85. The van der Waals surface area contributed by atoms with Gasteiger partial charge in [0, 0.05) is 18.0 Å². The Hall–Kier alpha value is -2.04. The predicted molar refractivity (Wildman–Crippen MR) is 75.5 cm³/mol. The number of benzene rings is 1. The first-order chi connectivity index (χ1) is 8.96. The molecule has 0 saturated carbocycles. The molecule has 104 valence electrons. The standard InChI is InChI=1S/C14H21N3O2/c1-4-12(8-13(15)17-19)16-14(18)11-6-9(2)5-10(3)7-11/h5-7,12,19H,4,8H2,1-3H3,(H2,15,17)(H,16,18). The largest absolute Gasteiger partial charge is 0.409 e. The number of oxime groups is 1. The number of nitrogens with zero attached hydrogens (tertiary/aromatic N) is 1. The second-order valence-corrected chi connectivity index (χ2v) is 4.75. The SMILES string of the molecule is CCC(CC(N)=NO)NC(=O)c1cc(C)cc(C)c1. The van der Waals surface area contributed by atoms with Crippen LogP contribution in [-0.2, 0) is 0 Å². The van der Waals surface area contributed by atoms with Gasteiger partial charge < -0.3 is 16.3 Å². The summed E-state index contributed by atoms with van der Waals surface area (Å²) in [6, 6.07) is 5.57. The van der Waals surface area contributed by atoms with Gasteiger partial charge in [0.1, 0.15) is 5.84 Å². The molecule has 1 aromatic carbocycles. The van der Waals surface area contributed by atoms with Crippen LogP contribution in [0, 0.1) is 13.8 Å². The molecule has 5 nitrogen and oxygen atoms in total. The Balaban J connectivity index is 2.77. The van der Waals surface area contributed by atoms with Crippen molar-refractivity contribution in [2.45, 2.75) is 39.7 Å². The van der Waals surface area contributed by atoms with E-state index in [0.717, 1.165) is 11.1 Å². The minimum atomic E-state index is -0.135. The second kappa shape index (κ2) is 6.78. The summed E-state index contributed by atoms with van der Waals surface area (Å²) in [4.78, 5) is 12.1. The second-order valence-electron chi connectivity index (χ2n) is 4.75. The summed E-state index contributed by atoms with van der Waals surface area (Å²) in [5.41, 5.74) is 8.20. The topological polar surface area (TPSA) is 87.7 Å². The fourth-order valence-electron chi connectivity index (χ4n) is 1.97. The van der Waals surface area contributed by atoms with Crippen LogP contribution in [0.3, 0.4) is 0 Å². The number of amidine groups is 1. The molecule has 0 bridgehead atoms. The van der Waals surface area contributed by atoms with Crippen LogP contribution in [0.25, 0.3) is 0 Å². The van der Waals surface area contributed by atoms with E-state index in [2.05, 4.69) is 10.5 Å². The third-order valence-corrected chi connectivity index (χ3v) is 2.90.